The maximum atomic E-state index is 5.94. The van der Waals surface area contributed by atoms with E-state index in [1.165, 1.54) is 0 Å². The van der Waals surface area contributed by atoms with Crippen molar-refractivity contribution < 1.29 is 4.74 Å². The molecule has 3 aromatic heterocycles. The Balaban J connectivity index is 1.31. The molecule has 0 saturated carbocycles. The predicted octanol–water partition coefficient (Wildman–Crippen LogP) is 3.25. The van der Waals surface area contributed by atoms with Crippen LogP contribution in [0.5, 0.6) is 0 Å². The van der Waals surface area contributed by atoms with E-state index in [-0.39, 0.29) is 0 Å². The van der Waals surface area contributed by atoms with Gasteiger partial charge in [-0.05, 0) is 28.8 Å². The van der Waals surface area contributed by atoms with Crippen LogP contribution in [0, 0.1) is 0 Å². The number of aryl methyl sites for hydroxylation is 1. The van der Waals surface area contributed by atoms with Gasteiger partial charge in [0.15, 0.2) is 17.0 Å². The first kappa shape index (κ1) is 22.1. The van der Waals surface area contributed by atoms with Crippen LogP contribution in [0.2, 0.25) is 0 Å². The zero-order valence-electron chi connectivity index (χ0n) is 20.0. The van der Waals surface area contributed by atoms with Crippen LogP contribution >= 0.6 is 0 Å². The fraction of sp³-hybridized carbons (Fsp3) is 0.231. The zero-order chi connectivity index (χ0) is 24.5. The first-order valence-electron chi connectivity index (χ1n) is 11.9. The van der Waals surface area contributed by atoms with E-state index in [1.54, 1.807) is 17.2 Å². The average Bonchev–Trinajstić information content (AvgIpc) is 3.54. The largest absolute Gasteiger partial charge is 0.399 e. The van der Waals surface area contributed by atoms with Crippen molar-refractivity contribution in [2.45, 2.75) is 6.54 Å². The standard InChI is InChI=1S/C26H27N9O/c1-33-16-22(15-30-33)35-17-29-23-24(31-26(32-25(23)35)34-9-11-36-12-10-34)28-14-18-5-7-19(8-6-18)20-3-2-4-21(27)13-20/h2-8,13,15-17H,9-12,14,27H2,1H3,(H,28,31,32). The fourth-order valence-electron chi connectivity index (χ4n) is 4.36. The Morgan fingerprint density at radius 1 is 1.03 bits per heavy atom. The van der Waals surface area contributed by atoms with Crippen molar-refractivity contribution in [2.75, 3.05) is 42.3 Å². The summed E-state index contributed by atoms with van der Waals surface area (Å²) in [5.41, 5.74) is 12.4. The summed E-state index contributed by atoms with van der Waals surface area (Å²) in [4.78, 5) is 16.5. The topological polar surface area (TPSA) is 112 Å². The summed E-state index contributed by atoms with van der Waals surface area (Å²) in [5.74, 6) is 1.36. The molecule has 6 rings (SSSR count). The number of nitrogen functional groups attached to an aromatic ring is 1. The quantitative estimate of drug-likeness (QED) is 0.356. The third kappa shape index (κ3) is 4.34. The highest BCUT2D eigenvalue weighted by Crippen LogP contribution is 2.26. The van der Waals surface area contributed by atoms with Crippen LogP contribution in [0.15, 0.2) is 67.3 Å². The molecule has 0 atom stereocenters. The second-order valence-corrected chi connectivity index (χ2v) is 8.81. The molecule has 2 aromatic carbocycles. The van der Waals surface area contributed by atoms with E-state index in [2.05, 4.69) is 50.6 Å². The predicted molar refractivity (Wildman–Crippen MR) is 140 cm³/mol. The molecule has 36 heavy (non-hydrogen) atoms. The molecule has 0 spiro atoms. The number of nitrogens with one attached hydrogen (secondary N) is 1. The molecular weight excluding hydrogens is 454 g/mol. The minimum Gasteiger partial charge on any atom is -0.399 e. The first-order valence-corrected chi connectivity index (χ1v) is 11.9. The van der Waals surface area contributed by atoms with E-state index in [0.29, 0.717) is 37.0 Å². The van der Waals surface area contributed by atoms with Crippen LogP contribution in [0.1, 0.15) is 5.56 Å². The minimum absolute atomic E-state index is 0.603. The lowest BCUT2D eigenvalue weighted by Gasteiger charge is -2.27. The average molecular weight is 482 g/mol. The van der Waals surface area contributed by atoms with E-state index < -0.39 is 0 Å². The molecule has 182 valence electrons. The number of fused-ring (bicyclic) bond motifs is 1. The number of nitrogens with two attached hydrogens (primary N) is 1. The molecule has 1 fully saturated rings. The summed E-state index contributed by atoms with van der Waals surface area (Å²) in [6.07, 6.45) is 5.50. The van der Waals surface area contributed by atoms with Gasteiger partial charge in [-0.3, -0.25) is 9.25 Å². The molecule has 5 aromatic rings. The zero-order valence-corrected chi connectivity index (χ0v) is 20.0. The van der Waals surface area contributed by atoms with Crippen LogP contribution in [-0.4, -0.2) is 55.6 Å². The summed E-state index contributed by atoms with van der Waals surface area (Å²) in [7, 11) is 1.89. The van der Waals surface area contributed by atoms with E-state index >= 15 is 0 Å². The third-order valence-corrected chi connectivity index (χ3v) is 6.28. The maximum absolute atomic E-state index is 5.94. The van der Waals surface area contributed by atoms with Crippen LogP contribution in [-0.2, 0) is 18.3 Å². The third-order valence-electron chi connectivity index (χ3n) is 6.28. The van der Waals surface area contributed by atoms with E-state index in [9.17, 15) is 0 Å². The first-order chi connectivity index (χ1) is 17.6. The molecule has 0 radical (unpaired) electrons. The summed E-state index contributed by atoms with van der Waals surface area (Å²) >= 11 is 0. The monoisotopic (exact) mass is 481 g/mol. The highest BCUT2D eigenvalue weighted by atomic mass is 16.5. The van der Waals surface area contributed by atoms with Crippen molar-refractivity contribution in [1.29, 1.82) is 0 Å². The summed E-state index contributed by atoms with van der Waals surface area (Å²) in [6, 6.07) is 16.4. The van der Waals surface area contributed by atoms with Gasteiger partial charge in [0, 0.05) is 38.6 Å². The minimum atomic E-state index is 0.603. The van der Waals surface area contributed by atoms with Crippen molar-refractivity contribution in [3.63, 3.8) is 0 Å². The van der Waals surface area contributed by atoms with Crippen molar-refractivity contribution >= 4 is 28.6 Å². The summed E-state index contributed by atoms with van der Waals surface area (Å²) in [5, 5.41) is 7.80. The summed E-state index contributed by atoms with van der Waals surface area (Å²) in [6.45, 7) is 3.41. The van der Waals surface area contributed by atoms with Gasteiger partial charge in [-0.15, -0.1) is 0 Å². The number of imidazole rings is 1. The number of anilines is 3. The van der Waals surface area contributed by atoms with Gasteiger partial charge in [0.25, 0.3) is 0 Å². The molecule has 10 nitrogen and oxygen atoms in total. The number of ether oxygens (including phenoxy) is 1. The lowest BCUT2D eigenvalue weighted by Crippen LogP contribution is -2.37. The molecule has 3 N–H and O–H groups in total. The van der Waals surface area contributed by atoms with Crippen molar-refractivity contribution in [1.82, 2.24) is 29.3 Å². The van der Waals surface area contributed by atoms with E-state index in [1.807, 2.05) is 36.0 Å². The van der Waals surface area contributed by atoms with Gasteiger partial charge >= 0.3 is 0 Å². The lowest BCUT2D eigenvalue weighted by atomic mass is 10.0. The van der Waals surface area contributed by atoms with Gasteiger partial charge in [0.05, 0.1) is 25.1 Å². The van der Waals surface area contributed by atoms with Gasteiger partial charge in [-0.1, -0.05) is 36.4 Å². The molecule has 1 aliphatic rings. The Bertz CT molecular complexity index is 1500. The second kappa shape index (κ2) is 9.31. The Kier molecular flexibility index (Phi) is 5.70. The van der Waals surface area contributed by atoms with Gasteiger partial charge in [0.2, 0.25) is 5.95 Å². The normalized spacial score (nSPS) is 13.9. The van der Waals surface area contributed by atoms with Crippen LogP contribution in [0.4, 0.5) is 17.5 Å². The molecule has 10 heteroatoms. The smallest absolute Gasteiger partial charge is 0.229 e. The van der Waals surface area contributed by atoms with Crippen molar-refractivity contribution in [3.05, 3.63) is 72.8 Å². The van der Waals surface area contributed by atoms with E-state index in [4.69, 9.17) is 20.4 Å². The highest BCUT2D eigenvalue weighted by molar-refractivity contribution is 5.85. The molecule has 0 amide bonds. The Morgan fingerprint density at radius 2 is 1.86 bits per heavy atom. The van der Waals surface area contributed by atoms with Crippen LogP contribution < -0.4 is 16.0 Å². The van der Waals surface area contributed by atoms with Crippen molar-refractivity contribution in [3.8, 4) is 16.8 Å². The lowest BCUT2D eigenvalue weighted by molar-refractivity contribution is 0.122. The van der Waals surface area contributed by atoms with Crippen molar-refractivity contribution in [2.24, 2.45) is 7.05 Å². The van der Waals surface area contributed by atoms with Gasteiger partial charge in [-0.25, -0.2) is 4.98 Å². The number of morpholine rings is 1. The van der Waals surface area contributed by atoms with Crippen LogP contribution in [0.3, 0.4) is 0 Å². The molecule has 1 saturated heterocycles. The van der Waals surface area contributed by atoms with Gasteiger partial charge < -0.3 is 20.7 Å². The second-order valence-electron chi connectivity index (χ2n) is 8.81. The Morgan fingerprint density at radius 3 is 2.61 bits per heavy atom. The number of hydrogen-bond acceptors (Lipinski definition) is 8. The number of hydrogen-bond donors (Lipinski definition) is 2. The number of benzene rings is 2. The van der Waals surface area contributed by atoms with E-state index in [0.717, 1.165) is 46.8 Å². The SMILES string of the molecule is Cn1cc(-n2cnc3c(NCc4ccc(-c5cccc(N)c5)cc4)nc(N4CCOCC4)nc32)cn1. The number of aromatic nitrogens is 6. The molecule has 0 aliphatic carbocycles. The molecule has 0 bridgehead atoms. The molecular formula is C26H27N9O. The van der Waals surface area contributed by atoms with Gasteiger partial charge in [-0.2, -0.15) is 15.1 Å². The summed E-state index contributed by atoms with van der Waals surface area (Å²) < 4.78 is 9.23. The highest BCUT2D eigenvalue weighted by Gasteiger charge is 2.20. The van der Waals surface area contributed by atoms with Gasteiger partial charge in [0.1, 0.15) is 6.33 Å². The number of rotatable bonds is 6. The maximum Gasteiger partial charge on any atom is 0.229 e. The van der Waals surface area contributed by atoms with Crippen LogP contribution in [0.25, 0.3) is 28.0 Å². The Labute approximate surface area is 208 Å². The Hall–Kier alpha value is -4.44. The fourth-order valence-corrected chi connectivity index (χ4v) is 4.36. The molecule has 4 heterocycles. The molecule has 1 aliphatic heterocycles. The molecule has 0 unspecified atom stereocenters. The number of nitrogens with zero attached hydrogens (tertiary/aromatic N) is 7.